The number of benzene rings is 2. The highest BCUT2D eigenvalue weighted by molar-refractivity contribution is 6.00. The number of nitrogens with one attached hydrogen (secondary N) is 4. The van der Waals surface area contributed by atoms with Crippen molar-refractivity contribution in [1.82, 2.24) is 16.0 Å². The molecular weight excluding hydrogens is 564 g/mol. The Morgan fingerprint density at radius 1 is 0.773 bits per heavy atom. The molecule has 0 aliphatic carbocycles. The molecule has 3 aromatic rings. The minimum absolute atomic E-state index is 0.229. The molecule has 0 aliphatic rings. The van der Waals surface area contributed by atoms with Gasteiger partial charge in [0.25, 0.3) is 0 Å². The van der Waals surface area contributed by atoms with Gasteiger partial charge in [-0.2, -0.15) is 0 Å². The van der Waals surface area contributed by atoms with E-state index >= 15 is 0 Å². The molecule has 0 fully saturated rings. The molecule has 1 aromatic heterocycles. The first-order chi connectivity index (χ1) is 21.1. The van der Waals surface area contributed by atoms with Crippen molar-refractivity contribution >= 4 is 40.3 Å². The van der Waals surface area contributed by atoms with Gasteiger partial charge in [-0.25, -0.2) is 4.79 Å². The van der Waals surface area contributed by atoms with Gasteiger partial charge in [0.2, 0.25) is 23.6 Å². The van der Waals surface area contributed by atoms with Gasteiger partial charge in [0.1, 0.15) is 23.7 Å². The van der Waals surface area contributed by atoms with Gasteiger partial charge in [0.05, 0.1) is 0 Å². The number of hydrogen-bond donors (Lipinski definition) is 6. The van der Waals surface area contributed by atoms with Crippen LogP contribution in [-0.2, 0) is 25.6 Å². The van der Waals surface area contributed by atoms with Crippen molar-refractivity contribution in [3.8, 4) is 0 Å². The van der Waals surface area contributed by atoms with Crippen molar-refractivity contribution in [3.05, 3.63) is 76.1 Å². The molecule has 0 saturated carbocycles. The van der Waals surface area contributed by atoms with Crippen molar-refractivity contribution in [3.63, 3.8) is 0 Å². The molecule has 4 amide bonds. The average molecular weight is 607 g/mol. The van der Waals surface area contributed by atoms with E-state index in [1.807, 2.05) is 30.3 Å². The molecule has 0 bridgehead atoms. The van der Waals surface area contributed by atoms with Crippen LogP contribution in [0, 0.1) is 6.92 Å². The molecule has 0 saturated heterocycles. The molecule has 12 heteroatoms. The molecule has 236 valence electrons. The lowest BCUT2D eigenvalue weighted by atomic mass is 10.0. The van der Waals surface area contributed by atoms with Crippen LogP contribution in [-0.4, -0.2) is 54.8 Å². The zero-order chi connectivity index (χ0) is 32.1. The number of carbonyl (C=O) groups is 4. The van der Waals surface area contributed by atoms with Crippen molar-refractivity contribution in [1.29, 1.82) is 0 Å². The fourth-order valence-electron chi connectivity index (χ4n) is 4.83. The first-order valence-corrected chi connectivity index (χ1v) is 14.8. The molecule has 0 unspecified atom stereocenters. The molecule has 44 heavy (non-hydrogen) atoms. The Labute approximate surface area is 256 Å². The second-order valence-corrected chi connectivity index (χ2v) is 10.7. The first-order valence-electron chi connectivity index (χ1n) is 14.8. The molecule has 3 atom stereocenters. The average Bonchev–Trinajstić information content (AvgIpc) is 2.98. The van der Waals surface area contributed by atoms with E-state index in [0.29, 0.717) is 43.5 Å². The lowest BCUT2D eigenvalue weighted by Crippen LogP contribution is -2.56. The molecule has 12 nitrogen and oxygen atoms in total. The number of hydrogen-bond acceptors (Lipinski definition) is 8. The van der Waals surface area contributed by atoms with Crippen molar-refractivity contribution in [2.75, 3.05) is 18.4 Å². The van der Waals surface area contributed by atoms with Crippen molar-refractivity contribution in [2.45, 2.75) is 70.5 Å². The summed E-state index contributed by atoms with van der Waals surface area (Å²) in [6, 6.07) is 12.7. The Morgan fingerprint density at radius 2 is 1.41 bits per heavy atom. The van der Waals surface area contributed by atoms with Crippen molar-refractivity contribution < 1.29 is 23.6 Å². The molecular formula is C32H42N6O6. The van der Waals surface area contributed by atoms with E-state index in [1.165, 1.54) is 13.0 Å². The predicted octanol–water partition coefficient (Wildman–Crippen LogP) is 1.62. The van der Waals surface area contributed by atoms with Gasteiger partial charge in [0, 0.05) is 36.6 Å². The van der Waals surface area contributed by atoms with E-state index in [4.69, 9.17) is 15.9 Å². The SMILES string of the molecule is CC(=O)N[C@@H](Cc1ccccc1)C(=O)N[C@@H](CCCN)C(=O)N[C@@H](CCCCN)C(=O)Nc1ccc2c(C)cc(=O)oc2c1. The third-order valence-corrected chi connectivity index (χ3v) is 7.11. The molecule has 8 N–H and O–H groups in total. The summed E-state index contributed by atoms with van der Waals surface area (Å²) in [5.41, 5.74) is 13.2. The van der Waals surface area contributed by atoms with Gasteiger partial charge in [-0.3, -0.25) is 19.2 Å². The number of aryl methyl sites for hydroxylation is 1. The molecule has 0 radical (unpaired) electrons. The van der Waals surface area contributed by atoms with Gasteiger partial charge in [-0.05, 0) is 75.4 Å². The summed E-state index contributed by atoms with van der Waals surface area (Å²) >= 11 is 0. The van der Waals surface area contributed by atoms with Gasteiger partial charge < -0.3 is 37.2 Å². The summed E-state index contributed by atoms with van der Waals surface area (Å²) in [6.07, 6.45) is 2.41. The third-order valence-electron chi connectivity index (χ3n) is 7.11. The van der Waals surface area contributed by atoms with Crippen LogP contribution in [0.15, 0.2) is 63.8 Å². The van der Waals surface area contributed by atoms with E-state index in [-0.39, 0.29) is 25.3 Å². The summed E-state index contributed by atoms with van der Waals surface area (Å²) in [5, 5.41) is 11.7. The Kier molecular flexibility index (Phi) is 13.1. The zero-order valence-corrected chi connectivity index (χ0v) is 25.2. The largest absolute Gasteiger partial charge is 0.423 e. The second kappa shape index (κ2) is 16.9. The topological polar surface area (TPSA) is 199 Å². The van der Waals surface area contributed by atoms with Crippen LogP contribution in [0.3, 0.4) is 0 Å². The molecule has 1 heterocycles. The fraction of sp³-hybridized carbons (Fsp3) is 0.406. The van der Waals surface area contributed by atoms with Crippen LogP contribution in [0.5, 0.6) is 0 Å². The number of unbranched alkanes of at least 4 members (excludes halogenated alkanes) is 1. The van der Waals surface area contributed by atoms with Gasteiger partial charge in [-0.1, -0.05) is 30.3 Å². The number of amides is 4. The summed E-state index contributed by atoms with van der Waals surface area (Å²) in [7, 11) is 0. The summed E-state index contributed by atoms with van der Waals surface area (Å²) in [5.74, 6) is -1.95. The van der Waals surface area contributed by atoms with Gasteiger partial charge in [0.15, 0.2) is 0 Å². The van der Waals surface area contributed by atoms with Crippen LogP contribution >= 0.6 is 0 Å². The highest BCUT2D eigenvalue weighted by Crippen LogP contribution is 2.21. The van der Waals surface area contributed by atoms with E-state index in [0.717, 1.165) is 16.5 Å². The van der Waals surface area contributed by atoms with Crippen LogP contribution in [0.1, 0.15) is 50.2 Å². The maximum absolute atomic E-state index is 13.5. The quantitative estimate of drug-likeness (QED) is 0.104. The van der Waals surface area contributed by atoms with Gasteiger partial charge in [-0.15, -0.1) is 0 Å². The number of nitrogens with two attached hydrogens (primary N) is 2. The van der Waals surface area contributed by atoms with Crippen LogP contribution < -0.4 is 38.4 Å². The van der Waals surface area contributed by atoms with Gasteiger partial charge >= 0.3 is 5.63 Å². The molecule has 2 aromatic carbocycles. The van der Waals surface area contributed by atoms with E-state index < -0.39 is 41.5 Å². The lowest BCUT2D eigenvalue weighted by molar-refractivity contribution is -0.133. The van der Waals surface area contributed by atoms with E-state index in [1.54, 1.807) is 25.1 Å². The Bertz CT molecular complexity index is 1490. The third kappa shape index (κ3) is 10.3. The fourth-order valence-corrected chi connectivity index (χ4v) is 4.83. The standard InChI is InChI=1S/C32H42N6O6/c1-20-17-29(40)44-28-19-23(13-14-24(20)28)36-30(41)25(11-6-7-15-33)37-31(42)26(12-8-16-34)38-32(43)27(35-21(2)39)18-22-9-4-3-5-10-22/h3-5,9-10,13-14,17,19,25-27H,6-8,11-12,15-16,18,33-34H2,1-2H3,(H,35,39)(H,36,41)(H,37,42)(H,38,43)/t25-,26-,27-/m0/s1. The van der Waals surface area contributed by atoms with E-state index in [9.17, 15) is 24.0 Å². The number of fused-ring (bicyclic) bond motifs is 1. The van der Waals surface area contributed by atoms with E-state index in [2.05, 4.69) is 21.3 Å². The minimum atomic E-state index is -0.999. The zero-order valence-electron chi connectivity index (χ0n) is 25.2. The summed E-state index contributed by atoms with van der Waals surface area (Å²) in [6.45, 7) is 3.82. The lowest BCUT2D eigenvalue weighted by Gasteiger charge is -2.25. The minimum Gasteiger partial charge on any atom is -0.423 e. The van der Waals surface area contributed by atoms with Crippen LogP contribution in [0.2, 0.25) is 0 Å². The monoisotopic (exact) mass is 606 g/mol. The predicted molar refractivity (Wildman–Crippen MR) is 169 cm³/mol. The Balaban J connectivity index is 1.77. The Hall–Kier alpha value is -4.55. The van der Waals surface area contributed by atoms with Crippen LogP contribution in [0.4, 0.5) is 5.69 Å². The molecule has 0 aliphatic heterocycles. The maximum atomic E-state index is 13.5. The van der Waals surface area contributed by atoms with Crippen molar-refractivity contribution in [2.24, 2.45) is 11.5 Å². The second-order valence-electron chi connectivity index (χ2n) is 10.7. The maximum Gasteiger partial charge on any atom is 0.336 e. The summed E-state index contributed by atoms with van der Waals surface area (Å²) in [4.78, 5) is 64.0. The Morgan fingerprint density at radius 3 is 2.07 bits per heavy atom. The number of rotatable bonds is 16. The number of carbonyl (C=O) groups excluding carboxylic acids is 4. The molecule has 0 spiro atoms. The molecule has 3 rings (SSSR count). The highest BCUT2D eigenvalue weighted by atomic mass is 16.4. The smallest absolute Gasteiger partial charge is 0.336 e. The number of anilines is 1. The highest BCUT2D eigenvalue weighted by Gasteiger charge is 2.29. The summed E-state index contributed by atoms with van der Waals surface area (Å²) < 4.78 is 5.29. The normalized spacial score (nSPS) is 13.0. The van der Waals surface area contributed by atoms with Crippen LogP contribution in [0.25, 0.3) is 11.0 Å². The first kappa shape index (κ1) is 33.9.